The van der Waals surface area contributed by atoms with Gasteiger partial charge in [-0.1, -0.05) is 39.0 Å². The fourth-order valence-electron chi connectivity index (χ4n) is 2.56. The lowest BCUT2D eigenvalue weighted by molar-refractivity contribution is -0.142. The van der Waals surface area contributed by atoms with Gasteiger partial charge in [0.15, 0.2) is 0 Å². The van der Waals surface area contributed by atoms with Crippen molar-refractivity contribution >= 4 is 23.5 Å². The van der Waals surface area contributed by atoms with E-state index in [2.05, 4.69) is 31.4 Å². The van der Waals surface area contributed by atoms with E-state index in [-0.39, 0.29) is 36.9 Å². The molecule has 0 saturated carbocycles. The number of hydrogen-bond acceptors (Lipinski definition) is 4. The minimum Gasteiger partial charge on any atom is -0.480 e. The number of nitrogens with one attached hydrogen (secondary N) is 2. The van der Waals surface area contributed by atoms with Crippen molar-refractivity contribution < 1.29 is 19.5 Å². The maximum atomic E-state index is 12.5. The molecule has 0 aromatic heterocycles. The molecule has 7 heteroatoms. The van der Waals surface area contributed by atoms with Gasteiger partial charge in [0.1, 0.15) is 6.04 Å². The first kappa shape index (κ1) is 21.6. The lowest BCUT2D eigenvalue weighted by Gasteiger charge is -2.27. The zero-order valence-electron chi connectivity index (χ0n) is 16.1. The Morgan fingerprint density at radius 2 is 1.81 bits per heavy atom. The molecule has 2 amide bonds. The van der Waals surface area contributed by atoms with Gasteiger partial charge in [-0.25, -0.2) is 0 Å². The largest absolute Gasteiger partial charge is 0.480 e. The van der Waals surface area contributed by atoms with Crippen molar-refractivity contribution in [3.8, 4) is 0 Å². The lowest BCUT2D eigenvalue weighted by Crippen LogP contribution is -2.46. The van der Waals surface area contributed by atoms with E-state index in [1.54, 1.807) is 0 Å². The second kappa shape index (κ2) is 9.33. The summed E-state index contributed by atoms with van der Waals surface area (Å²) in [6, 6.07) is 6.72. The van der Waals surface area contributed by atoms with Gasteiger partial charge < -0.3 is 15.7 Å². The SMILES string of the molecule is CC(=O)NCCN(CC(=O)Nc1ccccc1C(C)(C)C)C(C)C(=O)O. The third-order valence-electron chi connectivity index (χ3n) is 4.03. The van der Waals surface area contributed by atoms with E-state index in [9.17, 15) is 19.5 Å². The van der Waals surface area contributed by atoms with Crippen molar-refractivity contribution in [2.24, 2.45) is 0 Å². The number of nitrogens with zero attached hydrogens (tertiary/aromatic N) is 1. The molecule has 0 radical (unpaired) electrons. The first-order chi connectivity index (χ1) is 12.0. The lowest BCUT2D eigenvalue weighted by atomic mass is 9.86. The number of carbonyl (C=O) groups is 3. The number of carboxylic acids is 1. The van der Waals surface area contributed by atoms with Crippen LogP contribution < -0.4 is 10.6 Å². The highest BCUT2D eigenvalue weighted by molar-refractivity contribution is 5.93. The summed E-state index contributed by atoms with van der Waals surface area (Å²) < 4.78 is 0. The van der Waals surface area contributed by atoms with E-state index in [1.165, 1.54) is 18.7 Å². The molecule has 0 aliphatic rings. The summed E-state index contributed by atoms with van der Waals surface area (Å²) in [7, 11) is 0. The molecule has 0 saturated heterocycles. The standard InChI is InChI=1S/C19H29N3O4/c1-13(18(25)26)22(11-10-20-14(2)23)12-17(24)21-16-9-7-6-8-15(16)19(3,4)5/h6-9,13H,10-12H2,1-5H3,(H,20,23)(H,21,24)(H,25,26). The van der Waals surface area contributed by atoms with Crippen molar-refractivity contribution in [2.45, 2.75) is 46.1 Å². The average Bonchev–Trinajstić information content (AvgIpc) is 2.52. The molecule has 0 fully saturated rings. The highest BCUT2D eigenvalue weighted by atomic mass is 16.4. The number of hydrogen-bond donors (Lipinski definition) is 3. The smallest absolute Gasteiger partial charge is 0.320 e. The maximum Gasteiger partial charge on any atom is 0.320 e. The van der Waals surface area contributed by atoms with Crippen LogP contribution >= 0.6 is 0 Å². The number of amides is 2. The van der Waals surface area contributed by atoms with Gasteiger partial charge in [-0.2, -0.15) is 0 Å². The maximum absolute atomic E-state index is 12.5. The number of anilines is 1. The first-order valence-corrected chi connectivity index (χ1v) is 8.63. The molecule has 0 spiro atoms. The third kappa shape index (κ3) is 6.84. The van der Waals surface area contributed by atoms with Crippen LogP contribution in [0.25, 0.3) is 0 Å². The molecule has 3 N–H and O–H groups in total. The Hall–Kier alpha value is -2.41. The van der Waals surface area contributed by atoms with Crippen LogP contribution in [0.1, 0.15) is 40.2 Å². The molecule has 0 aliphatic carbocycles. The Kier molecular flexibility index (Phi) is 7.76. The van der Waals surface area contributed by atoms with Crippen LogP contribution in [0.3, 0.4) is 0 Å². The Labute approximate surface area is 154 Å². The van der Waals surface area contributed by atoms with Gasteiger partial charge in [0, 0.05) is 25.7 Å². The Bertz CT molecular complexity index is 652. The van der Waals surface area contributed by atoms with Crippen molar-refractivity contribution in [3.63, 3.8) is 0 Å². The van der Waals surface area contributed by atoms with Crippen LogP contribution in [0.5, 0.6) is 0 Å². The summed E-state index contributed by atoms with van der Waals surface area (Å²) >= 11 is 0. The number of para-hydroxylation sites is 1. The van der Waals surface area contributed by atoms with Crippen LogP contribution in [-0.4, -0.2) is 53.5 Å². The summed E-state index contributed by atoms with van der Waals surface area (Å²) in [6.45, 7) is 9.55. The summed E-state index contributed by atoms with van der Waals surface area (Å²) in [5.74, 6) is -1.51. The van der Waals surface area contributed by atoms with E-state index in [0.717, 1.165) is 11.3 Å². The van der Waals surface area contributed by atoms with Gasteiger partial charge in [-0.3, -0.25) is 19.3 Å². The third-order valence-corrected chi connectivity index (χ3v) is 4.03. The van der Waals surface area contributed by atoms with E-state index >= 15 is 0 Å². The van der Waals surface area contributed by atoms with E-state index in [1.807, 2.05) is 24.3 Å². The monoisotopic (exact) mass is 363 g/mol. The molecule has 7 nitrogen and oxygen atoms in total. The van der Waals surface area contributed by atoms with Crippen LogP contribution in [0.2, 0.25) is 0 Å². The minimum atomic E-state index is -1.02. The topological polar surface area (TPSA) is 98.7 Å². The number of carbonyl (C=O) groups excluding carboxylic acids is 2. The molecular formula is C19H29N3O4. The predicted molar refractivity (Wildman–Crippen MR) is 101 cm³/mol. The van der Waals surface area contributed by atoms with Gasteiger partial charge in [0.05, 0.1) is 6.54 Å². The van der Waals surface area contributed by atoms with E-state index in [0.29, 0.717) is 0 Å². The number of carboxylic acid groups (broad SMARTS) is 1. The van der Waals surface area contributed by atoms with Crippen molar-refractivity contribution in [3.05, 3.63) is 29.8 Å². The zero-order chi connectivity index (χ0) is 19.9. The number of rotatable bonds is 8. The minimum absolute atomic E-state index is 0.0778. The van der Waals surface area contributed by atoms with Crippen LogP contribution in [0, 0.1) is 0 Å². The van der Waals surface area contributed by atoms with Gasteiger partial charge in [0.25, 0.3) is 0 Å². The molecule has 26 heavy (non-hydrogen) atoms. The Morgan fingerprint density at radius 1 is 1.19 bits per heavy atom. The zero-order valence-corrected chi connectivity index (χ0v) is 16.1. The number of aliphatic carboxylic acids is 1. The van der Waals surface area contributed by atoms with Crippen molar-refractivity contribution in [1.82, 2.24) is 10.2 Å². The van der Waals surface area contributed by atoms with Crippen LogP contribution in [0.15, 0.2) is 24.3 Å². The van der Waals surface area contributed by atoms with Crippen molar-refractivity contribution in [1.29, 1.82) is 0 Å². The highest BCUT2D eigenvalue weighted by Crippen LogP contribution is 2.29. The normalized spacial score (nSPS) is 12.5. The molecule has 144 valence electrons. The van der Waals surface area contributed by atoms with Crippen LogP contribution in [0.4, 0.5) is 5.69 Å². The number of benzene rings is 1. The van der Waals surface area contributed by atoms with Crippen LogP contribution in [-0.2, 0) is 19.8 Å². The molecule has 1 aromatic rings. The molecule has 0 bridgehead atoms. The molecule has 1 unspecified atom stereocenters. The summed E-state index contributed by atoms with van der Waals surface area (Å²) in [5.41, 5.74) is 1.59. The fourth-order valence-corrected chi connectivity index (χ4v) is 2.56. The molecule has 1 atom stereocenters. The molecular weight excluding hydrogens is 334 g/mol. The average molecular weight is 363 g/mol. The molecule has 1 aromatic carbocycles. The van der Waals surface area contributed by atoms with Crippen molar-refractivity contribution in [2.75, 3.05) is 25.0 Å². The second-order valence-electron chi connectivity index (χ2n) is 7.31. The first-order valence-electron chi connectivity index (χ1n) is 8.63. The summed E-state index contributed by atoms with van der Waals surface area (Å²) in [4.78, 5) is 36.3. The molecule has 0 aliphatic heterocycles. The summed E-state index contributed by atoms with van der Waals surface area (Å²) in [6.07, 6.45) is 0. The van der Waals surface area contributed by atoms with Gasteiger partial charge in [0.2, 0.25) is 11.8 Å². The van der Waals surface area contributed by atoms with Gasteiger partial charge >= 0.3 is 5.97 Å². The predicted octanol–water partition coefficient (Wildman–Crippen LogP) is 1.83. The Morgan fingerprint density at radius 3 is 2.35 bits per heavy atom. The molecule has 1 rings (SSSR count). The fraction of sp³-hybridized carbons (Fsp3) is 0.526. The highest BCUT2D eigenvalue weighted by Gasteiger charge is 2.24. The van der Waals surface area contributed by atoms with Gasteiger partial charge in [-0.05, 0) is 24.0 Å². The molecule has 0 heterocycles. The quantitative estimate of drug-likeness (QED) is 0.654. The van der Waals surface area contributed by atoms with Gasteiger partial charge in [-0.15, -0.1) is 0 Å². The van der Waals surface area contributed by atoms with E-state index < -0.39 is 12.0 Å². The summed E-state index contributed by atoms with van der Waals surface area (Å²) in [5, 5.41) is 14.7. The van der Waals surface area contributed by atoms with E-state index in [4.69, 9.17) is 0 Å². The second-order valence-corrected chi connectivity index (χ2v) is 7.31. The Balaban J connectivity index is 2.84.